The number of aliphatic hydroxyl groups is 1. The van der Waals surface area contributed by atoms with Crippen molar-refractivity contribution >= 4 is 5.57 Å². The maximum atomic E-state index is 13.8. The molecule has 0 aliphatic heterocycles. The first-order valence-electron chi connectivity index (χ1n) is 11.3. The third kappa shape index (κ3) is 2.65. The Bertz CT molecular complexity index is 817. The number of hydrogen-bond acceptors (Lipinski definition) is 2. The van der Waals surface area contributed by atoms with Crippen molar-refractivity contribution in [3.8, 4) is 0 Å². The van der Waals surface area contributed by atoms with Gasteiger partial charge in [0.1, 0.15) is 5.82 Å². The number of hydrogen-bond donors (Lipinski definition) is 1. The second kappa shape index (κ2) is 6.14. The van der Waals surface area contributed by atoms with Gasteiger partial charge in [0.15, 0.2) is 0 Å². The van der Waals surface area contributed by atoms with Gasteiger partial charge in [0, 0.05) is 6.20 Å². The van der Waals surface area contributed by atoms with Gasteiger partial charge in [0.05, 0.1) is 11.8 Å². The van der Waals surface area contributed by atoms with Crippen LogP contribution in [0, 0.1) is 40.3 Å². The lowest BCUT2D eigenvalue weighted by atomic mass is 9.44. The number of halogens is 1. The van der Waals surface area contributed by atoms with Gasteiger partial charge in [0.2, 0.25) is 0 Å². The fraction of sp³-hybridized carbons (Fsp3) is 0.720. The van der Waals surface area contributed by atoms with Crippen LogP contribution in [0.25, 0.3) is 5.57 Å². The number of nitrogens with zero attached hydrogens (tertiary/aromatic N) is 1. The second-order valence-electron chi connectivity index (χ2n) is 11.1. The molecule has 0 amide bonds. The molecule has 0 saturated heterocycles. The summed E-state index contributed by atoms with van der Waals surface area (Å²) in [5.74, 6) is 2.64. The Morgan fingerprint density at radius 2 is 1.86 bits per heavy atom. The van der Waals surface area contributed by atoms with E-state index in [1.165, 1.54) is 43.9 Å². The van der Waals surface area contributed by atoms with Crippen LogP contribution in [0.1, 0.15) is 77.7 Å². The molecule has 28 heavy (non-hydrogen) atoms. The molecule has 3 saturated carbocycles. The summed E-state index contributed by atoms with van der Waals surface area (Å²) in [5.41, 5.74) is 2.39. The van der Waals surface area contributed by atoms with Crippen LogP contribution in [0.5, 0.6) is 0 Å². The molecular formula is C25H34FNO. The average Bonchev–Trinajstić information content (AvgIpc) is 2.99. The quantitative estimate of drug-likeness (QED) is 0.644. The molecule has 2 nitrogen and oxygen atoms in total. The maximum Gasteiger partial charge on any atom is 0.142 e. The highest BCUT2D eigenvalue weighted by atomic mass is 19.1. The van der Waals surface area contributed by atoms with E-state index in [-0.39, 0.29) is 11.2 Å². The van der Waals surface area contributed by atoms with Crippen LogP contribution in [0.15, 0.2) is 24.5 Å². The van der Waals surface area contributed by atoms with Crippen LogP contribution in [-0.2, 0) is 0 Å². The Morgan fingerprint density at radius 3 is 2.64 bits per heavy atom. The summed E-state index contributed by atoms with van der Waals surface area (Å²) in [6, 6.07) is 1.67. The molecular weight excluding hydrogens is 349 g/mol. The lowest BCUT2D eigenvalue weighted by Gasteiger charge is -2.61. The highest BCUT2D eigenvalue weighted by Gasteiger charge is 2.59. The summed E-state index contributed by atoms with van der Waals surface area (Å²) in [4.78, 5) is 4.12. The van der Waals surface area contributed by atoms with E-state index in [9.17, 15) is 9.50 Å². The molecule has 4 aliphatic rings. The predicted molar refractivity (Wildman–Crippen MR) is 110 cm³/mol. The normalized spacial score (nSPS) is 47.7. The van der Waals surface area contributed by atoms with E-state index in [4.69, 9.17) is 0 Å². The zero-order chi connectivity index (χ0) is 19.7. The highest BCUT2D eigenvalue weighted by Crippen LogP contribution is 2.67. The molecule has 4 aliphatic carbocycles. The largest absolute Gasteiger partial charge is 0.390 e. The van der Waals surface area contributed by atoms with E-state index in [1.54, 1.807) is 6.07 Å². The third-order valence-electron chi connectivity index (χ3n) is 9.55. The summed E-state index contributed by atoms with van der Waals surface area (Å²) in [7, 11) is 0. The van der Waals surface area contributed by atoms with Gasteiger partial charge in [-0.05, 0) is 110 Å². The van der Waals surface area contributed by atoms with Crippen molar-refractivity contribution in [1.82, 2.24) is 4.98 Å². The Balaban J connectivity index is 1.43. The van der Waals surface area contributed by atoms with Crippen LogP contribution >= 0.6 is 0 Å². The van der Waals surface area contributed by atoms with Gasteiger partial charge >= 0.3 is 0 Å². The zero-order valence-corrected chi connectivity index (χ0v) is 17.5. The first kappa shape index (κ1) is 18.8. The molecule has 0 radical (unpaired) electrons. The number of rotatable bonds is 1. The molecule has 0 spiro atoms. The van der Waals surface area contributed by atoms with Gasteiger partial charge in [-0.15, -0.1) is 0 Å². The van der Waals surface area contributed by atoms with Gasteiger partial charge in [-0.1, -0.05) is 19.9 Å². The van der Waals surface area contributed by atoms with E-state index in [1.807, 2.05) is 13.1 Å². The molecule has 0 aromatic carbocycles. The number of allylic oxidation sites excluding steroid dienone is 2. The molecule has 7 atom stereocenters. The SMILES string of the molecule is C[C@@]1(O)CC[C@@]2(C)C(CC[C@@H]3[C@@H]2CC[C@]2(C)C(c4cncc(F)c4)=CC[C@@H]32)C1. The smallest absolute Gasteiger partial charge is 0.142 e. The van der Waals surface area contributed by atoms with Gasteiger partial charge in [-0.25, -0.2) is 4.39 Å². The van der Waals surface area contributed by atoms with Crippen molar-refractivity contribution in [2.24, 2.45) is 34.5 Å². The standard InChI is InChI=1S/C25H34FNO/c1-23(28)10-11-24(2)17(13-23)4-5-19-21-7-6-20(16-12-18(26)15-27-14-16)25(21,3)9-8-22(19)24/h6,12,14-15,17,19,21-22,28H,4-5,7-11,13H2,1-3H3/t17?,19-,21-,22-,23+,24-,25+/m0/s1. The van der Waals surface area contributed by atoms with Crippen LogP contribution in [0.3, 0.4) is 0 Å². The molecule has 1 heterocycles. The predicted octanol–water partition coefficient (Wildman–Crippen LogP) is 6.01. The summed E-state index contributed by atoms with van der Waals surface area (Å²) in [5, 5.41) is 10.7. The number of fused-ring (bicyclic) bond motifs is 5. The fourth-order valence-electron chi connectivity index (χ4n) is 8.01. The molecule has 3 heteroatoms. The zero-order valence-electron chi connectivity index (χ0n) is 17.5. The molecule has 1 aromatic heterocycles. The lowest BCUT2D eigenvalue weighted by Crippen LogP contribution is -2.55. The molecule has 1 aromatic rings. The minimum atomic E-state index is -0.466. The van der Waals surface area contributed by atoms with E-state index in [0.29, 0.717) is 17.3 Å². The summed E-state index contributed by atoms with van der Waals surface area (Å²) in [6.07, 6.45) is 14.8. The van der Waals surface area contributed by atoms with Gasteiger partial charge in [-0.2, -0.15) is 0 Å². The van der Waals surface area contributed by atoms with E-state index in [0.717, 1.165) is 36.7 Å². The van der Waals surface area contributed by atoms with Gasteiger partial charge in [-0.3, -0.25) is 4.98 Å². The molecule has 152 valence electrons. The number of pyridine rings is 1. The third-order valence-corrected chi connectivity index (χ3v) is 9.55. The summed E-state index contributed by atoms with van der Waals surface area (Å²) in [6.45, 7) is 7.00. The van der Waals surface area contributed by atoms with Gasteiger partial charge in [0.25, 0.3) is 0 Å². The van der Waals surface area contributed by atoms with E-state index < -0.39 is 5.60 Å². The van der Waals surface area contributed by atoms with Crippen LogP contribution in [0.2, 0.25) is 0 Å². The van der Waals surface area contributed by atoms with Crippen molar-refractivity contribution in [3.05, 3.63) is 35.9 Å². The van der Waals surface area contributed by atoms with Crippen LogP contribution < -0.4 is 0 Å². The lowest BCUT2D eigenvalue weighted by molar-refractivity contribution is -0.138. The monoisotopic (exact) mass is 383 g/mol. The first-order chi connectivity index (χ1) is 13.2. The molecule has 1 unspecified atom stereocenters. The van der Waals surface area contributed by atoms with Crippen molar-refractivity contribution in [1.29, 1.82) is 0 Å². The Hall–Kier alpha value is -1.22. The Labute approximate surface area is 168 Å². The summed E-state index contributed by atoms with van der Waals surface area (Å²) >= 11 is 0. The second-order valence-corrected chi connectivity index (χ2v) is 11.1. The number of aromatic nitrogens is 1. The van der Waals surface area contributed by atoms with Crippen molar-refractivity contribution in [3.63, 3.8) is 0 Å². The Morgan fingerprint density at radius 1 is 1.04 bits per heavy atom. The van der Waals surface area contributed by atoms with Crippen molar-refractivity contribution in [2.45, 2.75) is 77.7 Å². The van der Waals surface area contributed by atoms with E-state index in [2.05, 4.69) is 24.9 Å². The maximum absolute atomic E-state index is 13.8. The minimum Gasteiger partial charge on any atom is -0.390 e. The average molecular weight is 384 g/mol. The summed E-state index contributed by atoms with van der Waals surface area (Å²) < 4.78 is 13.8. The Kier molecular flexibility index (Phi) is 4.12. The molecule has 3 fully saturated rings. The van der Waals surface area contributed by atoms with Gasteiger partial charge < -0.3 is 5.11 Å². The van der Waals surface area contributed by atoms with E-state index >= 15 is 0 Å². The van der Waals surface area contributed by atoms with Crippen molar-refractivity contribution in [2.75, 3.05) is 0 Å². The van der Waals surface area contributed by atoms with Crippen LogP contribution in [0.4, 0.5) is 4.39 Å². The fourth-order valence-corrected chi connectivity index (χ4v) is 8.01. The minimum absolute atomic E-state index is 0.153. The molecule has 0 bridgehead atoms. The molecule has 1 N–H and O–H groups in total. The molecule has 5 rings (SSSR count). The van der Waals surface area contributed by atoms with Crippen molar-refractivity contribution < 1.29 is 9.50 Å². The topological polar surface area (TPSA) is 33.1 Å². The van der Waals surface area contributed by atoms with Crippen LogP contribution in [-0.4, -0.2) is 15.7 Å². The first-order valence-corrected chi connectivity index (χ1v) is 11.3. The highest BCUT2D eigenvalue weighted by molar-refractivity contribution is 5.72.